The molecule has 0 heterocycles. The number of hydrogen-bond donors (Lipinski definition) is 4. The number of carbonyl (C=O) groups is 1. The molecule has 5 nitrogen and oxygen atoms in total. The van der Waals surface area contributed by atoms with Crippen molar-refractivity contribution in [2.24, 2.45) is 5.73 Å². The summed E-state index contributed by atoms with van der Waals surface area (Å²) in [6.45, 7) is 0. The molecular weight excluding hydrogens is 210 g/mol. The molecular formula is C11H13NO4. The van der Waals surface area contributed by atoms with Crippen LogP contribution in [0.4, 0.5) is 0 Å². The van der Waals surface area contributed by atoms with E-state index in [1.165, 1.54) is 18.2 Å². The number of carboxylic acid groups (broad SMARTS) is 1. The maximum Gasteiger partial charge on any atom is 0.314 e. The zero-order valence-electron chi connectivity index (χ0n) is 8.55. The Labute approximate surface area is 92.1 Å². The van der Waals surface area contributed by atoms with Gasteiger partial charge in [0.2, 0.25) is 0 Å². The first-order valence-corrected chi connectivity index (χ1v) is 4.98. The summed E-state index contributed by atoms with van der Waals surface area (Å²) in [5.74, 6) is -1.69. The molecule has 86 valence electrons. The van der Waals surface area contributed by atoms with Crippen molar-refractivity contribution in [1.29, 1.82) is 0 Å². The lowest BCUT2D eigenvalue weighted by atomic mass is 9.61. The third kappa shape index (κ3) is 1.32. The smallest absolute Gasteiger partial charge is 0.314 e. The quantitative estimate of drug-likeness (QED) is 0.548. The number of phenolic OH excluding ortho intramolecular Hbond substituents is 2. The summed E-state index contributed by atoms with van der Waals surface area (Å²) in [5, 5.41) is 28.3. The van der Waals surface area contributed by atoms with Gasteiger partial charge in [-0.15, -0.1) is 0 Å². The molecule has 1 fully saturated rings. The molecule has 0 unspecified atom stereocenters. The van der Waals surface area contributed by atoms with Gasteiger partial charge < -0.3 is 21.1 Å². The number of rotatable bonds is 2. The standard InChI is InChI=1S/C11H13NO4/c12-6-4-11(5-6,10(15)16)7-2-1-3-8(13)9(7)14/h1-3,6,13-14H,4-5,12H2,(H,15,16). The monoisotopic (exact) mass is 223 g/mol. The molecule has 0 aliphatic heterocycles. The van der Waals surface area contributed by atoms with E-state index in [0.717, 1.165) is 0 Å². The molecule has 0 amide bonds. The Bertz CT molecular complexity index is 438. The number of para-hydroxylation sites is 1. The van der Waals surface area contributed by atoms with Crippen molar-refractivity contribution in [2.75, 3.05) is 0 Å². The number of carboxylic acids is 1. The van der Waals surface area contributed by atoms with Crippen molar-refractivity contribution in [2.45, 2.75) is 24.3 Å². The van der Waals surface area contributed by atoms with E-state index < -0.39 is 11.4 Å². The summed E-state index contributed by atoms with van der Waals surface area (Å²) in [7, 11) is 0. The second kappa shape index (κ2) is 3.38. The zero-order chi connectivity index (χ0) is 11.9. The van der Waals surface area contributed by atoms with Gasteiger partial charge in [-0.3, -0.25) is 4.79 Å². The summed E-state index contributed by atoms with van der Waals surface area (Å²) >= 11 is 0. The van der Waals surface area contributed by atoms with Crippen LogP contribution in [0.25, 0.3) is 0 Å². The van der Waals surface area contributed by atoms with E-state index in [4.69, 9.17) is 5.73 Å². The van der Waals surface area contributed by atoms with Crippen LogP contribution >= 0.6 is 0 Å². The van der Waals surface area contributed by atoms with Crippen LogP contribution in [-0.2, 0) is 10.2 Å². The van der Waals surface area contributed by atoms with Gasteiger partial charge in [0.25, 0.3) is 0 Å². The number of benzene rings is 1. The zero-order valence-corrected chi connectivity index (χ0v) is 8.55. The second-order valence-electron chi connectivity index (χ2n) is 4.23. The van der Waals surface area contributed by atoms with Crippen molar-refractivity contribution in [3.8, 4) is 11.5 Å². The topological polar surface area (TPSA) is 104 Å². The summed E-state index contributed by atoms with van der Waals surface area (Å²) in [4.78, 5) is 11.3. The lowest BCUT2D eigenvalue weighted by Crippen LogP contribution is -2.54. The van der Waals surface area contributed by atoms with E-state index in [0.29, 0.717) is 0 Å². The lowest BCUT2D eigenvalue weighted by Gasteiger charge is -2.43. The Morgan fingerprint density at radius 2 is 2.00 bits per heavy atom. The first-order valence-electron chi connectivity index (χ1n) is 4.98. The highest BCUT2D eigenvalue weighted by atomic mass is 16.4. The maximum absolute atomic E-state index is 11.3. The van der Waals surface area contributed by atoms with Crippen molar-refractivity contribution in [1.82, 2.24) is 0 Å². The van der Waals surface area contributed by atoms with Crippen molar-refractivity contribution < 1.29 is 20.1 Å². The van der Waals surface area contributed by atoms with Crippen LogP contribution < -0.4 is 5.73 Å². The molecule has 1 aliphatic carbocycles. The number of aromatic hydroxyl groups is 2. The average Bonchev–Trinajstić information content (AvgIpc) is 2.17. The number of nitrogens with two attached hydrogens (primary N) is 1. The highest BCUT2D eigenvalue weighted by Gasteiger charge is 2.52. The largest absolute Gasteiger partial charge is 0.504 e. The van der Waals surface area contributed by atoms with Crippen LogP contribution in [0.1, 0.15) is 18.4 Å². The van der Waals surface area contributed by atoms with Gasteiger partial charge in [0.05, 0.1) is 5.41 Å². The van der Waals surface area contributed by atoms with Gasteiger partial charge in [0.15, 0.2) is 11.5 Å². The molecule has 1 aromatic carbocycles. The van der Waals surface area contributed by atoms with E-state index in [2.05, 4.69) is 0 Å². The van der Waals surface area contributed by atoms with Gasteiger partial charge in [-0.25, -0.2) is 0 Å². The third-order valence-corrected chi connectivity index (χ3v) is 3.16. The molecule has 16 heavy (non-hydrogen) atoms. The molecule has 5 N–H and O–H groups in total. The fraction of sp³-hybridized carbons (Fsp3) is 0.364. The fourth-order valence-electron chi connectivity index (χ4n) is 2.26. The molecule has 0 aromatic heterocycles. The van der Waals surface area contributed by atoms with Crippen LogP contribution in [0.3, 0.4) is 0 Å². The fourth-order valence-corrected chi connectivity index (χ4v) is 2.26. The minimum Gasteiger partial charge on any atom is -0.504 e. The predicted molar refractivity (Wildman–Crippen MR) is 56.3 cm³/mol. The Balaban J connectivity index is 2.49. The van der Waals surface area contributed by atoms with Crippen molar-refractivity contribution >= 4 is 5.97 Å². The summed E-state index contributed by atoms with van der Waals surface area (Å²) < 4.78 is 0. The van der Waals surface area contributed by atoms with E-state index >= 15 is 0 Å². The molecule has 0 atom stereocenters. The van der Waals surface area contributed by atoms with Gasteiger partial charge >= 0.3 is 5.97 Å². The average molecular weight is 223 g/mol. The lowest BCUT2D eigenvalue weighted by molar-refractivity contribution is -0.148. The SMILES string of the molecule is NC1CC(C(=O)O)(c2cccc(O)c2O)C1. The molecule has 0 bridgehead atoms. The van der Waals surface area contributed by atoms with Crippen LogP contribution in [0, 0.1) is 0 Å². The Morgan fingerprint density at radius 1 is 1.38 bits per heavy atom. The van der Waals surface area contributed by atoms with Crippen molar-refractivity contribution in [3.05, 3.63) is 23.8 Å². The van der Waals surface area contributed by atoms with E-state index in [-0.39, 0.29) is 35.9 Å². The molecule has 2 rings (SSSR count). The molecule has 0 spiro atoms. The first kappa shape index (κ1) is 10.8. The molecule has 1 aromatic rings. The van der Waals surface area contributed by atoms with Gasteiger partial charge in [0.1, 0.15) is 0 Å². The summed E-state index contributed by atoms with van der Waals surface area (Å²) in [6, 6.07) is 4.17. The van der Waals surface area contributed by atoms with Crippen LogP contribution in [0.5, 0.6) is 11.5 Å². The highest BCUT2D eigenvalue weighted by Crippen LogP contribution is 2.48. The minimum atomic E-state index is -1.15. The van der Waals surface area contributed by atoms with Gasteiger partial charge in [-0.1, -0.05) is 12.1 Å². The normalized spacial score (nSPS) is 28.4. The summed E-state index contributed by atoms with van der Waals surface area (Å²) in [5.41, 5.74) is 4.70. The second-order valence-corrected chi connectivity index (χ2v) is 4.23. The molecule has 0 saturated heterocycles. The molecule has 0 radical (unpaired) electrons. The molecule has 1 aliphatic rings. The Hall–Kier alpha value is -1.75. The number of phenols is 2. The molecule has 1 saturated carbocycles. The van der Waals surface area contributed by atoms with Gasteiger partial charge in [-0.2, -0.15) is 0 Å². The summed E-state index contributed by atoms with van der Waals surface area (Å²) in [6.07, 6.45) is 0.554. The third-order valence-electron chi connectivity index (χ3n) is 3.16. The highest BCUT2D eigenvalue weighted by molar-refractivity contribution is 5.84. The minimum absolute atomic E-state index is 0.169. The van der Waals surface area contributed by atoms with Crippen LogP contribution in [0.15, 0.2) is 18.2 Å². The Morgan fingerprint density at radius 3 is 2.50 bits per heavy atom. The first-order chi connectivity index (χ1) is 7.47. The van der Waals surface area contributed by atoms with Crippen LogP contribution in [0.2, 0.25) is 0 Å². The number of hydrogen-bond acceptors (Lipinski definition) is 4. The molecule has 5 heteroatoms. The van der Waals surface area contributed by atoms with Gasteiger partial charge in [0, 0.05) is 11.6 Å². The van der Waals surface area contributed by atoms with Crippen molar-refractivity contribution in [3.63, 3.8) is 0 Å². The maximum atomic E-state index is 11.3. The van der Waals surface area contributed by atoms with E-state index in [1.54, 1.807) is 0 Å². The van der Waals surface area contributed by atoms with Crippen LogP contribution in [-0.4, -0.2) is 27.3 Å². The number of aliphatic carboxylic acids is 1. The predicted octanol–water partition coefficient (Wildman–Crippen LogP) is 0.541. The van der Waals surface area contributed by atoms with Gasteiger partial charge in [-0.05, 0) is 18.9 Å². The van der Waals surface area contributed by atoms with E-state index in [1.807, 2.05) is 0 Å². The van der Waals surface area contributed by atoms with E-state index in [9.17, 15) is 20.1 Å². The Kier molecular flexibility index (Phi) is 2.27.